The van der Waals surface area contributed by atoms with Gasteiger partial charge in [-0.25, -0.2) is 19.7 Å². The minimum absolute atomic E-state index is 0.364. The van der Waals surface area contributed by atoms with Crippen molar-refractivity contribution in [3.8, 4) is 5.75 Å². The summed E-state index contributed by atoms with van der Waals surface area (Å²) in [6.45, 7) is 1.82. The molecule has 33 heavy (non-hydrogen) atoms. The van der Waals surface area contributed by atoms with Crippen LogP contribution >= 0.6 is 0 Å². The molecule has 4 aromatic rings. The molecule has 9 heteroatoms. The van der Waals surface area contributed by atoms with E-state index in [1.807, 2.05) is 49.4 Å². The number of aryl methyl sites for hydroxylation is 1. The molecule has 0 radical (unpaired) electrons. The number of carbonyl (C=O) groups is 1. The van der Waals surface area contributed by atoms with E-state index in [1.165, 1.54) is 0 Å². The van der Waals surface area contributed by atoms with Gasteiger partial charge in [-0.05, 0) is 55.5 Å². The first-order chi connectivity index (χ1) is 16.1. The van der Waals surface area contributed by atoms with Crippen LogP contribution in [0.3, 0.4) is 0 Å². The Balaban J connectivity index is 1.39. The number of benzene rings is 2. The molecular formula is C24H23N7O2. The molecule has 0 saturated heterocycles. The number of ether oxygens (including phenoxy) is 1. The molecule has 0 aliphatic carbocycles. The Labute approximate surface area is 191 Å². The lowest BCUT2D eigenvalue weighted by atomic mass is 10.2. The third-order valence-electron chi connectivity index (χ3n) is 4.53. The summed E-state index contributed by atoms with van der Waals surface area (Å²) in [6.07, 6.45) is 1.71. The summed E-state index contributed by atoms with van der Waals surface area (Å²) in [5.41, 5.74) is 2.04. The average molecular weight is 441 g/mol. The number of methoxy groups -OCH3 is 1. The maximum atomic E-state index is 12.3. The Bertz CT molecular complexity index is 1230. The van der Waals surface area contributed by atoms with Crippen LogP contribution in [0.4, 0.5) is 39.3 Å². The van der Waals surface area contributed by atoms with Crippen LogP contribution in [0.1, 0.15) is 5.82 Å². The van der Waals surface area contributed by atoms with Crippen molar-refractivity contribution >= 4 is 40.5 Å². The van der Waals surface area contributed by atoms with Crippen LogP contribution in [0.15, 0.2) is 79.0 Å². The molecular weight excluding hydrogens is 418 g/mol. The summed E-state index contributed by atoms with van der Waals surface area (Å²) < 4.78 is 5.25. The lowest BCUT2D eigenvalue weighted by Gasteiger charge is -2.12. The highest BCUT2D eigenvalue weighted by molar-refractivity contribution is 6.00. The number of aromatic nitrogens is 3. The van der Waals surface area contributed by atoms with Crippen molar-refractivity contribution in [1.82, 2.24) is 15.0 Å². The van der Waals surface area contributed by atoms with Crippen LogP contribution in [0.2, 0.25) is 0 Å². The van der Waals surface area contributed by atoms with E-state index in [2.05, 4.69) is 36.2 Å². The van der Waals surface area contributed by atoms with Crippen molar-refractivity contribution in [2.24, 2.45) is 0 Å². The zero-order valence-electron chi connectivity index (χ0n) is 18.2. The second-order valence-corrected chi connectivity index (χ2v) is 7.01. The van der Waals surface area contributed by atoms with Gasteiger partial charge in [-0.15, -0.1) is 0 Å². The smallest absolute Gasteiger partial charge is 0.323 e. The Kier molecular flexibility index (Phi) is 6.60. The monoisotopic (exact) mass is 441 g/mol. The van der Waals surface area contributed by atoms with Crippen molar-refractivity contribution in [3.63, 3.8) is 0 Å². The molecule has 2 amide bonds. The number of rotatable bonds is 7. The minimum Gasteiger partial charge on any atom is -0.495 e. The molecule has 0 unspecified atom stereocenters. The van der Waals surface area contributed by atoms with Crippen LogP contribution in [-0.2, 0) is 0 Å². The second-order valence-electron chi connectivity index (χ2n) is 7.01. The largest absolute Gasteiger partial charge is 0.495 e. The van der Waals surface area contributed by atoms with Gasteiger partial charge >= 0.3 is 6.03 Å². The van der Waals surface area contributed by atoms with Gasteiger partial charge in [0, 0.05) is 23.6 Å². The summed E-state index contributed by atoms with van der Waals surface area (Å²) in [5, 5.41) is 12.0. The van der Waals surface area contributed by atoms with Crippen molar-refractivity contribution in [2.75, 3.05) is 28.4 Å². The van der Waals surface area contributed by atoms with Crippen LogP contribution in [0.5, 0.6) is 5.75 Å². The third kappa shape index (κ3) is 5.95. The van der Waals surface area contributed by atoms with Gasteiger partial charge in [0.05, 0.1) is 12.8 Å². The number of hydrogen-bond donors (Lipinski definition) is 4. The normalized spacial score (nSPS) is 10.2. The SMILES string of the molecule is COc1ccccc1NC(=O)Nc1ccc(Nc2cc(Nc3ccccn3)nc(C)n2)cc1. The number of urea groups is 1. The highest BCUT2D eigenvalue weighted by Crippen LogP contribution is 2.24. The van der Waals surface area contributed by atoms with Gasteiger partial charge in [-0.2, -0.15) is 0 Å². The number of nitrogens with one attached hydrogen (secondary N) is 4. The Morgan fingerprint density at radius 3 is 2.21 bits per heavy atom. The fourth-order valence-electron chi connectivity index (χ4n) is 3.08. The molecule has 0 aliphatic rings. The molecule has 0 spiro atoms. The lowest BCUT2D eigenvalue weighted by Crippen LogP contribution is -2.19. The fraction of sp³-hybridized carbons (Fsp3) is 0.0833. The summed E-state index contributed by atoms with van der Waals surface area (Å²) in [7, 11) is 1.56. The lowest BCUT2D eigenvalue weighted by molar-refractivity contribution is 0.262. The summed E-state index contributed by atoms with van der Waals surface area (Å²) >= 11 is 0. The average Bonchev–Trinajstić information content (AvgIpc) is 2.81. The van der Waals surface area contributed by atoms with E-state index < -0.39 is 0 Å². The van der Waals surface area contributed by atoms with E-state index in [1.54, 1.807) is 43.6 Å². The van der Waals surface area contributed by atoms with Gasteiger partial charge < -0.3 is 26.0 Å². The zero-order valence-corrected chi connectivity index (χ0v) is 18.2. The highest BCUT2D eigenvalue weighted by atomic mass is 16.5. The van der Waals surface area contributed by atoms with Crippen LogP contribution in [0.25, 0.3) is 0 Å². The predicted molar refractivity (Wildman–Crippen MR) is 130 cm³/mol. The molecule has 0 bridgehead atoms. The van der Waals surface area contributed by atoms with Gasteiger partial charge in [-0.1, -0.05) is 18.2 Å². The van der Waals surface area contributed by atoms with E-state index in [4.69, 9.17) is 4.74 Å². The predicted octanol–water partition coefficient (Wildman–Crippen LogP) is 5.32. The molecule has 2 heterocycles. The fourth-order valence-corrected chi connectivity index (χ4v) is 3.08. The van der Waals surface area contributed by atoms with Crippen LogP contribution in [-0.4, -0.2) is 28.1 Å². The van der Waals surface area contributed by atoms with Crippen molar-refractivity contribution < 1.29 is 9.53 Å². The van der Waals surface area contributed by atoms with E-state index >= 15 is 0 Å². The molecule has 0 fully saturated rings. The van der Waals surface area contributed by atoms with Crippen molar-refractivity contribution in [1.29, 1.82) is 0 Å². The molecule has 2 aromatic carbocycles. The molecule has 0 aliphatic heterocycles. The highest BCUT2D eigenvalue weighted by Gasteiger charge is 2.08. The molecule has 2 aromatic heterocycles. The standard InChI is InChI=1S/C24H23N7O2/c1-16-26-22(15-23(27-16)31-21-9-5-6-14-25-21)28-17-10-12-18(13-11-17)29-24(32)30-19-7-3-4-8-20(19)33-2/h3-15H,1-2H3,(H2,29,30,32)(H2,25,26,27,28,31). The molecule has 9 nitrogen and oxygen atoms in total. The number of pyridine rings is 1. The first-order valence-corrected chi connectivity index (χ1v) is 10.2. The van der Waals surface area contributed by atoms with E-state index in [0.29, 0.717) is 40.4 Å². The van der Waals surface area contributed by atoms with Gasteiger partial charge in [-0.3, -0.25) is 0 Å². The molecule has 0 saturated carbocycles. The Morgan fingerprint density at radius 2 is 1.48 bits per heavy atom. The van der Waals surface area contributed by atoms with E-state index in [9.17, 15) is 4.79 Å². The second kappa shape index (κ2) is 10.1. The number of hydrogen-bond acceptors (Lipinski definition) is 7. The van der Waals surface area contributed by atoms with Gasteiger partial charge in [0.2, 0.25) is 0 Å². The number of anilines is 6. The minimum atomic E-state index is -0.364. The number of carbonyl (C=O) groups excluding carboxylic acids is 1. The van der Waals surface area contributed by atoms with Crippen LogP contribution in [0, 0.1) is 6.92 Å². The summed E-state index contributed by atoms with van der Waals surface area (Å²) in [4.78, 5) is 25.4. The quantitative estimate of drug-likeness (QED) is 0.307. The Hall–Kier alpha value is -4.66. The summed E-state index contributed by atoms with van der Waals surface area (Å²) in [5.74, 6) is 3.17. The molecule has 4 rings (SSSR count). The van der Waals surface area contributed by atoms with Crippen molar-refractivity contribution in [3.05, 3.63) is 84.8 Å². The third-order valence-corrected chi connectivity index (χ3v) is 4.53. The summed E-state index contributed by atoms with van der Waals surface area (Å²) in [6, 6.07) is 21.6. The van der Waals surface area contributed by atoms with E-state index in [0.717, 1.165) is 5.69 Å². The number of nitrogens with zero attached hydrogens (tertiary/aromatic N) is 3. The van der Waals surface area contributed by atoms with Crippen molar-refractivity contribution in [2.45, 2.75) is 6.92 Å². The maximum Gasteiger partial charge on any atom is 0.323 e. The first kappa shape index (κ1) is 21.6. The number of amides is 2. The topological polar surface area (TPSA) is 113 Å². The maximum absolute atomic E-state index is 12.3. The first-order valence-electron chi connectivity index (χ1n) is 10.2. The van der Waals surface area contributed by atoms with Gasteiger partial charge in [0.1, 0.15) is 29.0 Å². The van der Waals surface area contributed by atoms with Crippen LogP contribution < -0.4 is 26.0 Å². The molecule has 4 N–H and O–H groups in total. The zero-order chi connectivity index (χ0) is 23.0. The van der Waals surface area contributed by atoms with E-state index in [-0.39, 0.29) is 6.03 Å². The number of para-hydroxylation sites is 2. The van der Waals surface area contributed by atoms with Gasteiger partial charge in [0.15, 0.2) is 0 Å². The van der Waals surface area contributed by atoms with Gasteiger partial charge in [0.25, 0.3) is 0 Å². The molecule has 0 atom stereocenters. The Morgan fingerprint density at radius 1 is 0.788 bits per heavy atom. The molecule has 166 valence electrons.